The summed E-state index contributed by atoms with van der Waals surface area (Å²) in [6.45, 7) is 0. The average Bonchev–Trinajstić information content (AvgIpc) is 2.47. The van der Waals surface area contributed by atoms with Gasteiger partial charge in [0.05, 0.1) is 22.9 Å². The van der Waals surface area contributed by atoms with Crippen LogP contribution in [0.25, 0.3) is 5.52 Å². The van der Waals surface area contributed by atoms with Crippen molar-refractivity contribution in [2.45, 2.75) is 4.90 Å². The van der Waals surface area contributed by atoms with E-state index in [0.29, 0.717) is 0 Å². The number of imidazole rings is 1. The SMILES string of the molecule is O=S(=O)(Cl)c1ccc2cncn2c1. The molecule has 68 valence electrons. The zero-order valence-electron chi connectivity index (χ0n) is 6.38. The van der Waals surface area contributed by atoms with Crippen molar-refractivity contribution < 1.29 is 8.42 Å². The number of hydrogen-bond acceptors (Lipinski definition) is 3. The van der Waals surface area contributed by atoms with Crippen LogP contribution in [0.1, 0.15) is 0 Å². The molecule has 0 radical (unpaired) electrons. The lowest BCUT2D eigenvalue weighted by Gasteiger charge is -1.96. The summed E-state index contributed by atoms with van der Waals surface area (Å²) in [5, 5.41) is 0. The fourth-order valence-electron chi connectivity index (χ4n) is 1.04. The van der Waals surface area contributed by atoms with E-state index in [4.69, 9.17) is 10.7 Å². The standard InChI is InChI=1S/C7H5ClN2O2S/c8-13(11,12)7-2-1-6-3-9-5-10(6)4-7/h1-5H. The zero-order valence-corrected chi connectivity index (χ0v) is 7.96. The molecule has 0 saturated heterocycles. The van der Waals surface area contributed by atoms with Crippen LogP contribution in [0, 0.1) is 0 Å². The summed E-state index contributed by atoms with van der Waals surface area (Å²) in [6.07, 6.45) is 4.57. The van der Waals surface area contributed by atoms with E-state index in [1.807, 2.05) is 0 Å². The summed E-state index contributed by atoms with van der Waals surface area (Å²) in [5.74, 6) is 0. The summed E-state index contributed by atoms with van der Waals surface area (Å²) in [5.41, 5.74) is 0.823. The molecular weight excluding hydrogens is 212 g/mol. The second kappa shape index (κ2) is 2.71. The summed E-state index contributed by atoms with van der Waals surface area (Å²) in [6, 6.07) is 3.08. The molecule has 2 aromatic heterocycles. The number of pyridine rings is 1. The molecule has 0 spiro atoms. The Bertz CT molecular complexity index is 546. The fraction of sp³-hybridized carbons (Fsp3) is 0. The predicted octanol–water partition coefficient (Wildman–Crippen LogP) is 1.26. The van der Waals surface area contributed by atoms with Gasteiger partial charge < -0.3 is 4.40 Å². The summed E-state index contributed by atoms with van der Waals surface area (Å²) in [7, 11) is 1.52. The first-order chi connectivity index (χ1) is 6.07. The normalized spacial score (nSPS) is 12.1. The second-order valence-electron chi connectivity index (χ2n) is 2.53. The molecule has 0 saturated carbocycles. The maximum Gasteiger partial charge on any atom is 0.262 e. The summed E-state index contributed by atoms with van der Waals surface area (Å²) in [4.78, 5) is 3.92. The van der Waals surface area contributed by atoms with Crippen molar-refractivity contribution in [3.8, 4) is 0 Å². The summed E-state index contributed by atoms with van der Waals surface area (Å²) < 4.78 is 23.5. The lowest BCUT2D eigenvalue weighted by Crippen LogP contribution is -1.93. The Kier molecular flexibility index (Phi) is 1.78. The minimum absolute atomic E-state index is 0.0691. The number of fused-ring (bicyclic) bond motifs is 1. The Morgan fingerprint density at radius 3 is 2.85 bits per heavy atom. The molecular formula is C7H5ClN2O2S. The number of hydrogen-bond donors (Lipinski definition) is 0. The van der Waals surface area contributed by atoms with Crippen LogP contribution in [0.4, 0.5) is 0 Å². The minimum atomic E-state index is -3.65. The highest BCUT2D eigenvalue weighted by atomic mass is 35.7. The third-order valence-corrected chi connectivity index (χ3v) is 3.00. The van der Waals surface area contributed by atoms with Gasteiger partial charge in [-0.3, -0.25) is 0 Å². The van der Waals surface area contributed by atoms with E-state index in [0.717, 1.165) is 5.52 Å². The van der Waals surface area contributed by atoms with Gasteiger partial charge in [0.25, 0.3) is 9.05 Å². The number of nitrogens with zero attached hydrogens (tertiary/aromatic N) is 2. The number of rotatable bonds is 1. The Labute approximate surface area is 79.2 Å². The van der Waals surface area contributed by atoms with Crippen molar-refractivity contribution in [1.82, 2.24) is 9.38 Å². The van der Waals surface area contributed by atoms with Crippen molar-refractivity contribution in [2.75, 3.05) is 0 Å². The molecule has 0 aliphatic heterocycles. The van der Waals surface area contributed by atoms with Crippen molar-refractivity contribution in [2.24, 2.45) is 0 Å². The van der Waals surface area contributed by atoms with E-state index >= 15 is 0 Å². The molecule has 0 aliphatic rings. The monoisotopic (exact) mass is 216 g/mol. The van der Waals surface area contributed by atoms with Gasteiger partial charge in [0.2, 0.25) is 0 Å². The average molecular weight is 217 g/mol. The van der Waals surface area contributed by atoms with E-state index in [-0.39, 0.29) is 4.90 Å². The topological polar surface area (TPSA) is 51.4 Å². The van der Waals surface area contributed by atoms with Crippen LogP contribution in [0.3, 0.4) is 0 Å². The van der Waals surface area contributed by atoms with Crippen LogP contribution in [0.15, 0.2) is 35.7 Å². The highest BCUT2D eigenvalue weighted by Gasteiger charge is 2.09. The van der Waals surface area contributed by atoms with Gasteiger partial charge in [-0.1, -0.05) is 0 Å². The molecule has 6 heteroatoms. The molecule has 13 heavy (non-hydrogen) atoms. The molecule has 0 atom stereocenters. The molecule has 2 rings (SSSR count). The van der Waals surface area contributed by atoms with E-state index in [1.165, 1.54) is 18.6 Å². The quantitative estimate of drug-likeness (QED) is 0.675. The van der Waals surface area contributed by atoms with Crippen LogP contribution < -0.4 is 0 Å². The van der Waals surface area contributed by atoms with Gasteiger partial charge in [-0.2, -0.15) is 0 Å². The van der Waals surface area contributed by atoms with Gasteiger partial charge in [-0.15, -0.1) is 0 Å². The van der Waals surface area contributed by atoms with Crippen LogP contribution in [-0.2, 0) is 9.05 Å². The van der Waals surface area contributed by atoms with Crippen LogP contribution in [-0.4, -0.2) is 17.8 Å². The van der Waals surface area contributed by atoms with Crippen molar-refractivity contribution in [3.05, 3.63) is 30.9 Å². The highest BCUT2D eigenvalue weighted by Crippen LogP contribution is 2.15. The molecule has 0 N–H and O–H groups in total. The molecule has 0 unspecified atom stereocenters. The fourth-order valence-corrected chi connectivity index (χ4v) is 1.79. The minimum Gasteiger partial charge on any atom is -0.305 e. The van der Waals surface area contributed by atoms with Gasteiger partial charge in [0.15, 0.2) is 0 Å². The Hall–Kier alpha value is -1.07. The van der Waals surface area contributed by atoms with Gasteiger partial charge >= 0.3 is 0 Å². The van der Waals surface area contributed by atoms with Gasteiger partial charge in [-0.25, -0.2) is 13.4 Å². The molecule has 0 aliphatic carbocycles. The Balaban J connectivity index is 2.75. The Morgan fingerprint density at radius 2 is 2.15 bits per heavy atom. The van der Waals surface area contributed by atoms with Crippen molar-refractivity contribution >= 4 is 25.2 Å². The molecule has 0 fully saturated rings. The first-order valence-corrected chi connectivity index (χ1v) is 5.75. The molecule has 0 aromatic carbocycles. The van der Waals surface area contributed by atoms with Gasteiger partial charge in [0.1, 0.15) is 0 Å². The molecule has 2 aromatic rings. The largest absolute Gasteiger partial charge is 0.305 e. The number of halogens is 1. The Morgan fingerprint density at radius 1 is 1.38 bits per heavy atom. The van der Waals surface area contributed by atoms with Gasteiger partial charge in [-0.05, 0) is 12.1 Å². The van der Waals surface area contributed by atoms with Crippen LogP contribution in [0.2, 0.25) is 0 Å². The van der Waals surface area contributed by atoms with Crippen molar-refractivity contribution in [1.29, 1.82) is 0 Å². The van der Waals surface area contributed by atoms with Crippen molar-refractivity contribution in [3.63, 3.8) is 0 Å². The molecule has 4 nitrogen and oxygen atoms in total. The first-order valence-electron chi connectivity index (χ1n) is 3.44. The molecule has 0 amide bonds. The number of aromatic nitrogens is 2. The zero-order chi connectivity index (χ0) is 9.47. The predicted molar refractivity (Wildman–Crippen MR) is 48.2 cm³/mol. The van der Waals surface area contributed by atoms with E-state index in [9.17, 15) is 8.42 Å². The van der Waals surface area contributed by atoms with Crippen LogP contribution >= 0.6 is 10.7 Å². The van der Waals surface area contributed by atoms with Gasteiger partial charge in [0, 0.05) is 16.9 Å². The lowest BCUT2D eigenvalue weighted by molar-refractivity contribution is 0.609. The highest BCUT2D eigenvalue weighted by molar-refractivity contribution is 8.13. The summed E-state index contributed by atoms with van der Waals surface area (Å²) >= 11 is 0. The lowest BCUT2D eigenvalue weighted by atomic mass is 10.4. The maximum absolute atomic E-state index is 10.9. The first kappa shape index (κ1) is 8.52. The van der Waals surface area contributed by atoms with E-state index < -0.39 is 9.05 Å². The van der Waals surface area contributed by atoms with E-state index in [1.54, 1.807) is 16.7 Å². The maximum atomic E-state index is 10.9. The third-order valence-electron chi connectivity index (χ3n) is 1.66. The second-order valence-corrected chi connectivity index (χ2v) is 5.09. The van der Waals surface area contributed by atoms with Crippen LogP contribution in [0.5, 0.6) is 0 Å². The molecule has 2 heterocycles. The smallest absolute Gasteiger partial charge is 0.262 e. The third kappa shape index (κ3) is 1.52. The van der Waals surface area contributed by atoms with E-state index in [2.05, 4.69) is 4.98 Å². The molecule has 0 bridgehead atoms.